The van der Waals surface area contributed by atoms with E-state index >= 15 is 0 Å². The van der Waals surface area contributed by atoms with Crippen LogP contribution in [0.2, 0.25) is 0 Å². The quantitative estimate of drug-likeness (QED) is 0.873. The maximum atomic E-state index is 12.4. The number of aromatic nitrogens is 2. The van der Waals surface area contributed by atoms with Crippen molar-refractivity contribution in [3.05, 3.63) is 18.1 Å². The number of rotatable bonds is 4. The van der Waals surface area contributed by atoms with E-state index in [0.29, 0.717) is 5.82 Å². The maximum absolute atomic E-state index is 12.4. The largest absolute Gasteiger partial charge is 0.369 e. The predicted octanol–water partition coefficient (Wildman–Crippen LogP) is 0.558. The molecule has 0 aromatic carbocycles. The zero-order valence-electron chi connectivity index (χ0n) is 12.2. The molecule has 21 heavy (non-hydrogen) atoms. The SMILES string of the molecule is CCCNc1cncc(C(=O)N2CCS(=O)(=O)CC2C)n1. The van der Waals surface area contributed by atoms with Gasteiger partial charge in [-0.15, -0.1) is 0 Å². The van der Waals surface area contributed by atoms with E-state index in [2.05, 4.69) is 15.3 Å². The van der Waals surface area contributed by atoms with E-state index in [0.717, 1.165) is 13.0 Å². The minimum Gasteiger partial charge on any atom is -0.369 e. The lowest BCUT2D eigenvalue weighted by atomic mass is 10.2. The number of nitrogens with one attached hydrogen (secondary N) is 1. The van der Waals surface area contributed by atoms with Crippen LogP contribution in [0.3, 0.4) is 0 Å². The number of carbonyl (C=O) groups excluding carboxylic acids is 1. The Hall–Kier alpha value is -1.70. The molecule has 1 aromatic rings. The van der Waals surface area contributed by atoms with Crippen molar-refractivity contribution in [3.8, 4) is 0 Å². The third-order valence-electron chi connectivity index (χ3n) is 3.34. The second-order valence-electron chi connectivity index (χ2n) is 5.18. The number of amides is 1. The molecule has 1 aliphatic rings. The molecule has 2 rings (SSSR count). The number of hydrogen-bond acceptors (Lipinski definition) is 6. The van der Waals surface area contributed by atoms with Crippen LogP contribution >= 0.6 is 0 Å². The van der Waals surface area contributed by atoms with Crippen LogP contribution in [-0.2, 0) is 9.84 Å². The summed E-state index contributed by atoms with van der Waals surface area (Å²) >= 11 is 0. The average Bonchev–Trinajstić information content (AvgIpc) is 2.44. The van der Waals surface area contributed by atoms with Crippen LogP contribution in [0.15, 0.2) is 12.4 Å². The van der Waals surface area contributed by atoms with Crippen molar-refractivity contribution in [1.82, 2.24) is 14.9 Å². The van der Waals surface area contributed by atoms with Crippen LogP contribution in [-0.4, -0.2) is 59.8 Å². The van der Waals surface area contributed by atoms with Crippen LogP contribution in [0.5, 0.6) is 0 Å². The lowest BCUT2D eigenvalue weighted by Crippen LogP contribution is -2.50. The van der Waals surface area contributed by atoms with E-state index in [1.165, 1.54) is 6.20 Å². The fraction of sp³-hybridized carbons (Fsp3) is 0.615. The van der Waals surface area contributed by atoms with Crippen LogP contribution in [0.4, 0.5) is 5.82 Å². The fourth-order valence-corrected chi connectivity index (χ4v) is 3.81. The molecular formula is C13H20N4O3S. The first-order valence-electron chi connectivity index (χ1n) is 7.00. The molecule has 0 radical (unpaired) electrons. The molecule has 2 heterocycles. The van der Waals surface area contributed by atoms with Crippen molar-refractivity contribution < 1.29 is 13.2 Å². The molecule has 0 spiro atoms. The highest BCUT2D eigenvalue weighted by molar-refractivity contribution is 7.91. The standard InChI is InChI=1S/C13H20N4O3S/c1-3-4-15-12-8-14-7-11(16-12)13(18)17-5-6-21(19,20)9-10(17)2/h7-8,10H,3-6,9H2,1-2H3,(H,15,16). The molecule has 116 valence electrons. The summed E-state index contributed by atoms with van der Waals surface area (Å²) in [6, 6.07) is -0.342. The summed E-state index contributed by atoms with van der Waals surface area (Å²) in [5, 5.41) is 3.08. The number of nitrogens with zero attached hydrogens (tertiary/aromatic N) is 3. The van der Waals surface area contributed by atoms with Crippen molar-refractivity contribution in [2.45, 2.75) is 26.3 Å². The fourth-order valence-electron chi connectivity index (χ4n) is 2.25. The van der Waals surface area contributed by atoms with E-state index in [9.17, 15) is 13.2 Å². The molecule has 1 amide bonds. The molecule has 0 bridgehead atoms. The van der Waals surface area contributed by atoms with E-state index < -0.39 is 9.84 Å². The van der Waals surface area contributed by atoms with Gasteiger partial charge in [-0.05, 0) is 13.3 Å². The molecule has 1 unspecified atom stereocenters. The zero-order chi connectivity index (χ0) is 15.5. The Morgan fingerprint density at radius 2 is 2.24 bits per heavy atom. The predicted molar refractivity (Wildman–Crippen MR) is 80.0 cm³/mol. The Morgan fingerprint density at radius 3 is 2.90 bits per heavy atom. The highest BCUT2D eigenvalue weighted by Crippen LogP contribution is 2.15. The molecule has 1 aliphatic heterocycles. The van der Waals surface area contributed by atoms with Gasteiger partial charge in [0.15, 0.2) is 9.84 Å². The minimum atomic E-state index is -3.04. The minimum absolute atomic E-state index is 0.0000556. The third kappa shape index (κ3) is 3.90. The lowest BCUT2D eigenvalue weighted by molar-refractivity contribution is 0.0706. The van der Waals surface area contributed by atoms with Crippen molar-refractivity contribution >= 4 is 21.6 Å². The number of sulfone groups is 1. The van der Waals surface area contributed by atoms with Crippen molar-refractivity contribution in [2.24, 2.45) is 0 Å². The van der Waals surface area contributed by atoms with Crippen LogP contribution in [0.1, 0.15) is 30.8 Å². The summed E-state index contributed by atoms with van der Waals surface area (Å²) in [5.41, 5.74) is 0.238. The lowest BCUT2D eigenvalue weighted by Gasteiger charge is -2.32. The summed E-state index contributed by atoms with van der Waals surface area (Å²) in [6.07, 6.45) is 3.92. The van der Waals surface area contributed by atoms with E-state index in [1.807, 2.05) is 6.92 Å². The Morgan fingerprint density at radius 1 is 1.48 bits per heavy atom. The first-order chi connectivity index (χ1) is 9.93. The second kappa shape index (κ2) is 6.38. The molecule has 0 aliphatic carbocycles. The highest BCUT2D eigenvalue weighted by atomic mass is 32.2. The first kappa shape index (κ1) is 15.7. The Labute approximate surface area is 124 Å². The highest BCUT2D eigenvalue weighted by Gasteiger charge is 2.32. The van der Waals surface area contributed by atoms with Gasteiger partial charge in [0.25, 0.3) is 5.91 Å². The van der Waals surface area contributed by atoms with Crippen molar-refractivity contribution in [2.75, 3.05) is 29.9 Å². The second-order valence-corrected chi connectivity index (χ2v) is 7.41. The van der Waals surface area contributed by atoms with Gasteiger partial charge in [-0.2, -0.15) is 0 Å². The van der Waals surface area contributed by atoms with Gasteiger partial charge in [0.1, 0.15) is 11.5 Å². The van der Waals surface area contributed by atoms with Gasteiger partial charge < -0.3 is 10.2 Å². The summed E-state index contributed by atoms with van der Waals surface area (Å²) < 4.78 is 23.1. The molecule has 1 aromatic heterocycles. The maximum Gasteiger partial charge on any atom is 0.274 e. The van der Waals surface area contributed by atoms with Gasteiger partial charge >= 0.3 is 0 Å². The number of carbonyl (C=O) groups is 1. The Kier molecular flexibility index (Phi) is 4.76. The van der Waals surface area contributed by atoms with Gasteiger partial charge in [0.2, 0.25) is 0 Å². The van der Waals surface area contributed by atoms with Crippen molar-refractivity contribution in [3.63, 3.8) is 0 Å². The number of anilines is 1. The molecule has 7 nitrogen and oxygen atoms in total. The van der Waals surface area contributed by atoms with Crippen molar-refractivity contribution in [1.29, 1.82) is 0 Å². The number of hydrogen-bond donors (Lipinski definition) is 1. The van der Waals surface area contributed by atoms with Gasteiger partial charge in [-0.25, -0.2) is 13.4 Å². The molecule has 1 saturated heterocycles. The molecule has 1 atom stereocenters. The van der Waals surface area contributed by atoms with E-state index in [1.54, 1.807) is 18.0 Å². The first-order valence-corrected chi connectivity index (χ1v) is 8.82. The third-order valence-corrected chi connectivity index (χ3v) is 5.14. The van der Waals surface area contributed by atoms with Gasteiger partial charge in [-0.3, -0.25) is 9.78 Å². The Balaban J connectivity index is 2.13. The van der Waals surface area contributed by atoms with Gasteiger partial charge in [0, 0.05) is 19.1 Å². The monoisotopic (exact) mass is 312 g/mol. The molecule has 0 saturated carbocycles. The normalized spacial score (nSPS) is 21.0. The molecular weight excluding hydrogens is 292 g/mol. The average molecular weight is 312 g/mol. The molecule has 1 fully saturated rings. The van der Waals surface area contributed by atoms with Crippen LogP contribution in [0, 0.1) is 0 Å². The topological polar surface area (TPSA) is 92.3 Å². The van der Waals surface area contributed by atoms with Gasteiger partial charge in [0.05, 0.1) is 23.9 Å². The van der Waals surface area contributed by atoms with Crippen LogP contribution < -0.4 is 5.32 Å². The molecule has 8 heteroatoms. The Bertz CT molecular complexity index is 618. The van der Waals surface area contributed by atoms with E-state index in [-0.39, 0.29) is 35.7 Å². The van der Waals surface area contributed by atoms with E-state index in [4.69, 9.17) is 0 Å². The summed E-state index contributed by atoms with van der Waals surface area (Å²) in [7, 11) is -3.04. The van der Waals surface area contributed by atoms with Crippen LogP contribution in [0.25, 0.3) is 0 Å². The zero-order valence-corrected chi connectivity index (χ0v) is 13.1. The molecule has 1 N–H and O–H groups in total. The smallest absolute Gasteiger partial charge is 0.274 e. The summed E-state index contributed by atoms with van der Waals surface area (Å²) in [4.78, 5) is 22.3. The summed E-state index contributed by atoms with van der Waals surface area (Å²) in [6.45, 7) is 4.73. The summed E-state index contributed by atoms with van der Waals surface area (Å²) in [5.74, 6) is 0.287. The van der Waals surface area contributed by atoms with Gasteiger partial charge in [-0.1, -0.05) is 6.92 Å².